The van der Waals surface area contributed by atoms with Crippen LogP contribution in [0.2, 0.25) is 0 Å². The van der Waals surface area contributed by atoms with Gasteiger partial charge in [-0.3, -0.25) is 4.68 Å². The zero-order valence-corrected chi connectivity index (χ0v) is 11.9. The van der Waals surface area contributed by atoms with Gasteiger partial charge >= 0.3 is 0 Å². The average molecular weight is 255 g/mol. The molecule has 1 aromatic heterocycles. The normalized spacial score (nSPS) is 21.6. The van der Waals surface area contributed by atoms with Gasteiger partial charge in [-0.25, -0.2) is 0 Å². The Bertz CT molecular complexity index is 585. The van der Waals surface area contributed by atoms with Crippen molar-refractivity contribution in [3.8, 4) is 0 Å². The van der Waals surface area contributed by atoms with Crippen molar-refractivity contribution >= 4 is 0 Å². The maximum absolute atomic E-state index is 4.68. The van der Waals surface area contributed by atoms with Gasteiger partial charge < -0.3 is 5.32 Å². The lowest BCUT2D eigenvalue weighted by molar-refractivity contribution is 0.353. The maximum atomic E-state index is 4.68. The summed E-state index contributed by atoms with van der Waals surface area (Å²) in [5.74, 6) is 0. The van der Waals surface area contributed by atoms with Gasteiger partial charge in [-0.15, -0.1) is 0 Å². The molecule has 3 rings (SSSR count). The smallest absolute Gasteiger partial charge is 0.0757 e. The summed E-state index contributed by atoms with van der Waals surface area (Å²) in [6.07, 6.45) is 1.07. The van der Waals surface area contributed by atoms with E-state index in [1.54, 1.807) is 0 Å². The minimum atomic E-state index is 0.374. The number of hydrogen-bond donors (Lipinski definition) is 1. The number of rotatable bonds is 3. The summed E-state index contributed by atoms with van der Waals surface area (Å²) in [6.45, 7) is 7.35. The molecule has 1 N–H and O–H groups in total. The lowest BCUT2D eigenvalue weighted by atomic mass is 10.1. The predicted molar refractivity (Wildman–Crippen MR) is 77.3 cm³/mol. The van der Waals surface area contributed by atoms with Gasteiger partial charge in [-0.05, 0) is 44.0 Å². The fourth-order valence-electron chi connectivity index (χ4n) is 3.25. The molecule has 0 saturated heterocycles. The van der Waals surface area contributed by atoms with Crippen molar-refractivity contribution in [1.82, 2.24) is 15.1 Å². The summed E-state index contributed by atoms with van der Waals surface area (Å²) in [6, 6.07) is 11.7. The summed E-state index contributed by atoms with van der Waals surface area (Å²) in [5, 5.41) is 8.31. The SMILES string of the molecule is CCNC1c2ccccc2CC1n1nc(C)cc1C. The molecule has 2 atom stereocenters. The first-order chi connectivity index (χ1) is 9.20. The molecule has 2 unspecified atom stereocenters. The van der Waals surface area contributed by atoms with Crippen LogP contribution in [0, 0.1) is 13.8 Å². The maximum Gasteiger partial charge on any atom is 0.0757 e. The standard InChI is InChI=1S/C16H21N3/c1-4-17-16-14-8-6-5-7-13(14)10-15(16)19-12(3)9-11(2)18-19/h5-9,15-17H,4,10H2,1-3H3. The first-order valence-corrected chi connectivity index (χ1v) is 7.04. The second-order valence-corrected chi connectivity index (χ2v) is 5.38. The Morgan fingerprint density at radius 3 is 2.79 bits per heavy atom. The van der Waals surface area contributed by atoms with E-state index in [0.717, 1.165) is 18.7 Å². The van der Waals surface area contributed by atoms with E-state index in [0.29, 0.717) is 12.1 Å². The highest BCUT2D eigenvalue weighted by atomic mass is 15.3. The second-order valence-electron chi connectivity index (χ2n) is 5.38. The molecule has 0 saturated carbocycles. The monoisotopic (exact) mass is 255 g/mol. The number of nitrogens with one attached hydrogen (secondary N) is 1. The summed E-state index contributed by atoms with van der Waals surface area (Å²) in [5.41, 5.74) is 5.23. The Labute approximate surface area is 114 Å². The van der Waals surface area contributed by atoms with Crippen LogP contribution in [-0.2, 0) is 6.42 Å². The largest absolute Gasteiger partial charge is 0.308 e. The van der Waals surface area contributed by atoms with Crippen LogP contribution in [0.4, 0.5) is 0 Å². The van der Waals surface area contributed by atoms with E-state index < -0.39 is 0 Å². The number of nitrogens with zero attached hydrogens (tertiary/aromatic N) is 2. The van der Waals surface area contributed by atoms with Crippen molar-refractivity contribution in [2.24, 2.45) is 0 Å². The van der Waals surface area contributed by atoms with Crippen LogP contribution in [0.25, 0.3) is 0 Å². The number of benzene rings is 1. The Hall–Kier alpha value is -1.61. The van der Waals surface area contributed by atoms with Crippen LogP contribution in [-0.4, -0.2) is 16.3 Å². The number of aryl methyl sites for hydroxylation is 2. The van der Waals surface area contributed by atoms with Crippen molar-refractivity contribution in [3.05, 3.63) is 52.8 Å². The average Bonchev–Trinajstić information content (AvgIpc) is 2.91. The summed E-state index contributed by atoms with van der Waals surface area (Å²) >= 11 is 0. The highest BCUT2D eigenvalue weighted by Crippen LogP contribution is 2.39. The minimum Gasteiger partial charge on any atom is -0.308 e. The Balaban J connectivity index is 2.01. The third kappa shape index (κ3) is 2.08. The lowest BCUT2D eigenvalue weighted by Crippen LogP contribution is -2.28. The first-order valence-electron chi connectivity index (χ1n) is 7.04. The highest BCUT2D eigenvalue weighted by molar-refractivity contribution is 5.37. The molecule has 3 nitrogen and oxygen atoms in total. The quantitative estimate of drug-likeness (QED) is 0.914. The number of aromatic nitrogens is 2. The summed E-state index contributed by atoms with van der Waals surface area (Å²) in [4.78, 5) is 0. The fourth-order valence-corrected chi connectivity index (χ4v) is 3.25. The molecule has 1 aromatic carbocycles. The minimum absolute atomic E-state index is 0.374. The topological polar surface area (TPSA) is 29.9 Å². The van der Waals surface area contributed by atoms with Crippen molar-refractivity contribution in [2.45, 2.75) is 39.3 Å². The highest BCUT2D eigenvalue weighted by Gasteiger charge is 2.33. The van der Waals surface area contributed by atoms with Gasteiger partial charge in [0, 0.05) is 5.69 Å². The summed E-state index contributed by atoms with van der Waals surface area (Å²) < 4.78 is 2.20. The molecule has 19 heavy (non-hydrogen) atoms. The second kappa shape index (κ2) is 4.82. The van der Waals surface area contributed by atoms with E-state index >= 15 is 0 Å². The van der Waals surface area contributed by atoms with Crippen LogP contribution in [0.1, 0.15) is 41.5 Å². The van der Waals surface area contributed by atoms with E-state index in [4.69, 9.17) is 0 Å². The predicted octanol–water partition coefficient (Wildman–Crippen LogP) is 2.95. The van der Waals surface area contributed by atoms with Gasteiger partial charge in [0.05, 0.1) is 17.8 Å². The molecule has 100 valence electrons. The summed E-state index contributed by atoms with van der Waals surface area (Å²) in [7, 11) is 0. The molecular formula is C16H21N3. The van der Waals surface area contributed by atoms with Crippen molar-refractivity contribution < 1.29 is 0 Å². The van der Waals surface area contributed by atoms with Gasteiger partial charge in [-0.1, -0.05) is 31.2 Å². The van der Waals surface area contributed by atoms with Gasteiger partial charge in [0.2, 0.25) is 0 Å². The zero-order valence-electron chi connectivity index (χ0n) is 11.9. The molecule has 2 aromatic rings. The molecule has 1 heterocycles. The Morgan fingerprint density at radius 1 is 1.32 bits per heavy atom. The van der Waals surface area contributed by atoms with Gasteiger partial charge in [0.1, 0.15) is 0 Å². The van der Waals surface area contributed by atoms with Crippen LogP contribution < -0.4 is 5.32 Å². The molecule has 0 spiro atoms. The van der Waals surface area contributed by atoms with E-state index in [1.165, 1.54) is 16.8 Å². The molecule has 1 aliphatic rings. The van der Waals surface area contributed by atoms with Crippen LogP contribution in [0.15, 0.2) is 30.3 Å². The molecular weight excluding hydrogens is 234 g/mol. The van der Waals surface area contributed by atoms with E-state index in [-0.39, 0.29) is 0 Å². The van der Waals surface area contributed by atoms with Crippen molar-refractivity contribution in [2.75, 3.05) is 6.54 Å². The number of fused-ring (bicyclic) bond motifs is 1. The van der Waals surface area contributed by atoms with Gasteiger partial charge in [0.15, 0.2) is 0 Å². The fraction of sp³-hybridized carbons (Fsp3) is 0.438. The van der Waals surface area contributed by atoms with Crippen LogP contribution in [0.3, 0.4) is 0 Å². The lowest BCUT2D eigenvalue weighted by Gasteiger charge is -2.23. The molecule has 3 heteroatoms. The Morgan fingerprint density at radius 2 is 2.11 bits per heavy atom. The zero-order chi connectivity index (χ0) is 13.4. The first kappa shape index (κ1) is 12.4. The van der Waals surface area contributed by atoms with E-state index in [2.05, 4.69) is 66.2 Å². The van der Waals surface area contributed by atoms with Crippen molar-refractivity contribution in [1.29, 1.82) is 0 Å². The van der Waals surface area contributed by atoms with E-state index in [1.807, 2.05) is 0 Å². The molecule has 1 aliphatic carbocycles. The van der Waals surface area contributed by atoms with Crippen LogP contribution in [0.5, 0.6) is 0 Å². The molecule has 0 bridgehead atoms. The van der Waals surface area contributed by atoms with E-state index in [9.17, 15) is 0 Å². The third-order valence-electron chi connectivity index (χ3n) is 3.99. The third-order valence-corrected chi connectivity index (χ3v) is 3.99. The van der Waals surface area contributed by atoms with Gasteiger partial charge in [0.25, 0.3) is 0 Å². The molecule has 0 fully saturated rings. The number of hydrogen-bond acceptors (Lipinski definition) is 2. The van der Waals surface area contributed by atoms with Crippen molar-refractivity contribution in [3.63, 3.8) is 0 Å². The number of likely N-dealkylation sites (N-methyl/N-ethyl adjacent to an activating group) is 1. The van der Waals surface area contributed by atoms with Crippen LogP contribution >= 0.6 is 0 Å². The molecule has 0 radical (unpaired) electrons. The molecule has 0 amide bonds. The Kier molecular flexibility index (Phi) is 3.15. The molecule has 0 aliphatic heterocycles. The van der Waals surface area contributed by atoms with Gasteiger partial charge in [-0.2, -0.15) is 5.10 Å².